The number of aryl methyl sites for hydroxylation is 1. The predicted molar refractivity (Wildman–Crippen MR) is 82.7 cm³/mol. The van der Waals surface area contributed by atoms with Gasteiger partial charge in [0, 0.05) is 5.69 Å². The number of hydrogen-bond acceptors (Lipinski definition) is 5. The molecule has 6 heteroatoms. The van der Waals surface area contributed by atoms with Gasteiger partial charge in [-0.05, 0) is 50.3 Å². The van der Waals surface area contributed by atoms with Crippen LogP contribution in [0, 0.1) is 12.7 Å². The lowest BCUT2D eigenvalue weighted by atomic mass is 9.87. The lowest BCUT2D eigenvalue weighted by Gasteiger charge is -2.45. The van der Waals surface area contributed by atoms with Crippen molar-refractivity contribution < 1.29 is 4.39 Å². The number of halogens is 1. The van der Waals surface area contributed by atoms with Crippen LogP contribution in [0.2, 0.25) is 0 Å². The molecular weight excluding hydrogens is 269 g/mol. The van der Waals surface area contributed by atoms with Gasteiger partial charge in [-0.2, -0.15) is 4.99 Å². The Kier molecular flexibility index (Phi) is 3.31. The summed E-state index contributed by atoms with van der Waals surface area (Å²) in [6.45, 7) is 1.74. The Morgan fingerprint density at radius 3 is 2.57 bits per heavy atom. The zero-order chi connectivity index (χ0) is 15.0. The molecule has 1 aliphatic carbocycles. The maximum atomic E-state index is 13.9. The monoisotopic (exact) mass is 289 g/mol. The van der Waals surface area contributed by atoms with Crippen molar-refractivity contribution in [1.82, 2.24) is 0 Å². The molecule has 1 saturated carbocycles. The summed E-state index contributed by atoms with van der Waals surface area (Å²) >= 11 is 0. The quantitative estimate of drug-likeness (QED) is 0.832. The molecule has 1 heterocycles. The van der Waals surface area contributed by atoms with E-state index in [9.17, 15) is 4.39 Å². The first kappa shape index (κ1) is 13.9. The minimum Gasteiger partial charge on any atom is -0.369 e. The minimum absolute atomic E-state index is 0.207. The van der Waals surface area contributed by atoms with Gasteiger partial charge < -0.3 is 11.5 Å². The fraction of sp³-hybridized carbons (Fsp3) is 0.467. The second-order valence-corrected chi connectivity index (χ2v) is 5.75. The summed E-state index contributed by atoms with van der Waals surface area (Å²) in [6.07, 6.45) is 4.97. The molecule has 0 atom stereocenters. The Hall–Kier alpha value is -2.11. The summed E-state index contributed by atoms with van der Waals surface area (Å²) in [5.41, 5.74) is 12.7. The van der Waals surface area contributed by atoms with E-state index in [0.29, 0.717) is 11.3 Å². The molecule has 2 aliphatic rings. The first-order chi connectivity index (χ1) is 10.0. The molecule has 1 aromatic rings. The SMILES string of the molecule is Cc1ccc(N2C(N)=NC(N)=NC23CCCCC3)cc1F. The summed E-state index contributed by atoms with van der Waals surface area (Å²) in [5.74, 6) is 0.236. The second-order valence-electron chi connectivity index (χ2n) is 5.75. The van der Waals surface area contributed by atoms with Crippen LogP contribution >= 0.6 is 0 Å². The molecule has 1 aromatic carbocycles. The van der Waals surface area contributed by atoms with Gasteiger partial charge in [0.15, 0.2) is 0 Å². The Morgan fingerprint density at radius 2 is 1.90 bits per heavy atom. The van der Waals surface area contributed by atoms with Gasteiger partial charge in [-0.25, -0.2) is 9.38 Å². The van der Waals surface area contributed by atoms with Crippen LogP contribution in [0.4, 0.5) is 10.1 Å². The van der Waals surface area contributed by atoms with Gasteiger partial charge in [-0.1, -0.05) is 12.5 Å². The van der Waals surface area contributed by atoms with E-state index in [0.717, 1.165) is 25.7 Å². The third-order valence-electron chi connectivity index (χ3n) is 4.27. The number of hydrogen-bond donors (Lipinski definition) is 2. The molecule has 4 N–H and O–H groups in total. The standard InChI is InChI=1S/C15H20FN5/c1-10-5-6-11(9-12(10)16)21-14(18)19-13(17)20-15(21)7-3-2-4-8-15/h5-6,9H,2-4,7-8H2,1H3,(H4,17,18,19,20). The van der Waals surface area contributed by atoms with E-state index in [1.165, 1.54) is 12.5 Å². The van der Waals surface area contributed by atoms with Gasteiger partial charge in [-0.15, -0.1) is 0 Å². The van der Waals surface area contributed by atoms with Gasteiger partial charge in [0.1, 0.15) is 11.5 Å². The summed E-state index contributed by atoms with van der Waals surface area (Å²) in [4.78, 5) is 10.5. The summed E-state index contributed by atoms with van der Waals surface area (Å²) in [7, 11) is 0. The molecular formula is C15H20FN5. The molecule has 1 spiro atoms. The smallest absolute Gasteiger partial charge is 0.220 e. The van der Waals surface area contributed by atoms with Gasteiger partial charge in [0.2, 0.25) is 11.9 Å². The van der Waals surface area contributed by atoms with Crippen molar-refractivity contribution in [3.63, 3.8) is 0 Å². The average molecular weight is 289 g/mol. The third kappa shape index (κ3) is 2.34. The van der Waals surface area contributed by atoms with Crippen LogP contribution in [0.1, 0.15) is 37.7 Å². The highest BCUT2D eigenvalue weighted by atomic mass is 19.1. The first-order valence-corrected chi connectivity index (χ1v) is 7.28. The number of anilines is 1. The molecule has 21 heavy (non-hydrogen) atoms. The van der Waals surface area contributed by atoms with E-state index >= 15 is 0 Å². The fourth-order valence-electron chi connectivity index (χ4n) is 3.22. The number of rotatable bonds is 1. The zero-order valence-electron chi connectivity index (χ0n) is 12.1. The predicted octanol–water partition coefficient (Wildman–Crippen LogP) is 2.24. The van der Waals surface area contributed by atoms with E-state index in [4.69, 9.17) is 11.5 Å². The number of aliphatic imine (C=N–C) groups is 2. The highest BCUT2D eigenvalue weighted by molar-refractivity contribution is 6.05. The third-order valence-corrected chi connectivity index (χ3v) is 4.27. The van der Waals surface area contributed by atoms with Crippen molar-refractivity contribution in [3.8, 4) is 0 Å². The summed E-state index contributed by atoms with van der Waals surface area (Å²) in [6, 6.07) is 5.09. The van der Waals surface area contributed by atoms with Crippen LogP contribution in [0.25, 0.3) is 0 Å². The molecule has 3 rings (SSSR count). The van der Waals surface area contributed by atoms with Crippen molar-refractivity contribution >= 4 is 17.6 Å². The van der Waals surface area contributed by atoms with E-state index in [1.807, 2.05) is 11.0 Å². The molecule has 5 nitrogen and oxygen atoms in total. The molecule has 112 valence electrons. The number of guanidine groups is 2. The Morgan fingerprint density at radius 1 is 1.19 bits per heavy atom. The lowest BCUT2D eigenvalue weighted by Crippen LogP contribution is -2.58. The molecule has 0 unspecified atom stereocenters. The van der Waals surface area contributed by atoms with Crippen molar-refractivity contribution in [2.75, 3.05) is 4.90 Å². The summed E-state index contributed by atoms with van der Waals surface area (Å²) in [5, 5.41) is 0. The van der Waals surface area contributed by atoms with Crippen molar-refractivity contribution in [1.29, 1.82) is 0 Å². The lowest BCUT2D eigenvalue weighted by molar-refractivity contribution is 0.305. The van der Waals surface area contributed by atoms with Gasteiger partial charge in [0.25, 0.3) is 0 Å². The fourth-order valence-corrected chi connectivity index (χ4v) is 3.22. The number of benzene rings is 1. The first-order valence-electron chi connectivity index (χ1n) is 7.28. The molecule has 0 amide bonds. The maximum absolute atomic E-state index is 13.9. The molecule has 0 saturated heterocycles. The molecule has 1 aliphatic heterocycles. The molecule has 0 aromatic heterocycles. The molecule has 0 radical (unpaired) electrons. The van der Waals surface area contributed by atoms with Crippen LogP contribution in [0.3, 0.4) is 0 Å². The van der Waals surface area contributed by atoms with Crippen molar-refractivity contribution in [2.24, 2.45) is 21.5 Å². The van der Waals surface area contributed by atoms with Crippen LogP contribution in [0.15, 0.2) is 28.2 Å². The number of nitrogens with zero attached hydrogens (tertiary/aromatic N) is 3. The van der Waals surface area contributed by atoms with Crippen LogP contribution in [-0.2, 0) is 0 Å². The van der Waals surface area contributed by atoms with Gasteiger partial charge in [-0.3, -0.25) is 4.90 Å². The van der Waals surface area contributed by atoms with Crippen molar-refractivity contribution in [3.05, 3.63) is 29.6 Å². The maximum Gasteiger partial charge on any atom is 0.220 e. The Balaban J connectivity index is 2.08. The van der Waals surface area contributed by atoms with E-state index < -0.39 is 5.66 Å². The highest BCUT2D eigenvalue weighted by Gasteiger charge is 2.42. The van der Waals surface area contributed by atoms with Crippen LogP contribution in [-0.4, -0.2) is 17.6 Å². The molecule has 0 bridgehead atoms. The van der Waals surface area contributed by atoms with Crippen LogP contribution in [0.5, 0.6) is 0 Å². The van der Waals surface area contributed by atoms with Gasteiger partial charge in [0.05, 0.1) is 0 Å². The molecule has 1 fully saturated rings. The van der Waals surface area contributed by atoms with Crippen molar-refractivity contribution in [2.45, 2.75) is 44.7 Å². The van der Waals surface area contributed by atoms with Gasteiger partial charge >= 0.3 is 0 Å². The highest BCUT2D eigenvalue weighted by Crippen LogP contribution is 2.39. The Bertz CT molecular complexity index is 616. The topological polar surface area (TPSA) is 80.0 Å². The van der Waals surface area contributed by atoms with Crippen LogP contribution < -0.4 is 16.4 Å². The summed E-state index contributed by atoms with van der Waals surface area (Å²) < 4.78 is 13.9. The second kappa shape index (κ2) is 5.02. The van der Waals surface area contributed by atoms with E-state index in [-0.39, 0.29) is 17.7 Å². The normalized spacial score (nSPS) is 21.1. The minimum atomic E-state index is -0.518. The van der Waals surface area contributed by atoms with E-state index in [1.54, 1.807) is 13.0 Å². The zero-order valence-corrected chi connectivity index (χ0v) is 12.1. The largest absolute Gasteiger partial charge is 0.369 e. The average Bonchev–Trinajstić information content (AvgIpc) is 2.42. The van der Waals surface area contributed by atoms with E-state index in [2.05, 4.69) is 9.98 Å². The Labute approximate surface area is 123 Å². The number of nitrogens with two attached hydrogens (primary N) is 2.